The van der Waals surface area contributed by atoms with Crippen LogP contribution in [0.25, 0.3) is 0 Å². The van der Waals surface area contributed by atoms with Crippen LogP contribution in [-0.2, 0) is 38.2 Å². The monoisotopic (exact) mass is 489 g/mol. The Balaban J connectivity index is 1.80. The van der Waals surface area contributed by atoms with Gasteiger partial charge in [0.05, 0.1) is 17.9 Å². The van der Waals surface area contributed by atoms with E-state index in [4.69, 9.17) is 14.2 Å². The van der Waals surface area contributed by atoms with Gasteiger partial charge < -0.3 is 24.6 Å². The SMILES string of the molecule is COC[C@H]1OC(=O)[C@@H]2[C@H](O)NC(=O)[C@@]23C(=O)C2=C([C@H](OC(=O)C(C)C)C[C@]4(C)C(=O)CC[C@@H]24)[C@@]13C. The van der Waals surface area contributed by atoms with Crippen LogP contribution in [-0.4, -0.2) is 66.7 Å². The van der Waals surface area contributed by atoms with Crippen LogP contribution in [0.15, 0.2) is 11.1 Å². The molecule has 35 heavy (non-hydrogen) atoms. The molecule has 10 nitrogen and oxygen atoms in total. The molecule has 1 amide bonds. The minimum atomic E-state index is -1.99. The largest absolute Gasteiger partial charge is 0.459 e. The Morgan fingerprint density at radius 1 is 1.23 bits per heavy atom. The van der Waals surface area contributed by atoms with Gasteiger partial charge in [0.15, 0.2) is 5.78 Å². The van der Waals surface area contributed by atoms with E-state index in [1.807, 2.05) is 0 Å². The summed E-state index contributed by atoms with van der Waals surface area (Å²) in [6.45, 7) is 6.68. The maximum Gasteiger partial charge on any atom is 0.315 e. The zero-order valence-corrected chi connectivity index (χ0v) is 20.5. The average molecular weight is 490 g/mol. The number of hydrogen-bond acceptors (Lipinski definition) is 9. The van der Waals surface area contributed by atoms with Crippen molar-refractivity contribution in [2.24, 2.45) is 34.0 Å². The highest BCUT2D eigenvalue weighted by Crippen LogP contribution is 2.70. The van der Waals surface area contributed by atoms with Crippen molar-refractivity contribution in [1.82, 2.24) is 5.32 Å². The lowest BCUT2D eigenvalue weighted by Crippen LogP contribution is -2.65. The Bertz CT molecular complexity index is 1090. The van der Waals surface area contributed by atoms with Crippen LogP contribution in [0.1, 0.15) is 47.0 Å². The normalized spacial score (nSPS) is 44.0. The van der Waals surface area contributed by atoms with E-state index in [9.17, 15) is 29.1 Å². The Morgan fingerprint density at radius 3 is 2.54 bits per heavy atom. The predicted octanol–water partition coefficient (Wildman–Crippen LogP) is 0.452. The summed E-state index contributed by atoms with van der Waals surface area (Å²) in [6.07, 6.45) is -2.81. The third kappa shape index (κ3) is 2.64. The van der Waals surface area contributed by atoms with Gasteiger partial charge in [0.25, 0.3) is 0 Å². The van der Waals surface area contributed by atoms with E-state index in [1.165, 1.54) is 7.11 Å². The fourth-order valence-corrected chi connectivity index (χ4v) is 7.50. The molecule has 3 aliphatic carbocycles. The van der Waals surface area contributed by atoms with Crippen LogP contribution in [0, 0.1) is 34.0 Å². The highest BCUT2D eigenvalue weighted by Gasteiger charge is 2.82. The number of ether oxygens (including phenoxy) is 3. The lowest BCUT2D eigenvalue weighted by molar-refractivity contribution is -0.205. The Hall–Kier alpha value is -2.59. The molecule has 5 rings (SSSR count). The number of amides is 1. The second kappa shape index (κ2) is 7.46. The lowest BCUT2D eigenvalue weighted by Gasteiger charge is -2.52. The fraction of sp³-hybridized carbons (Fsp3) is 0.720. The number of carbonyl (C=O) groups excluding carboxylic acids is 5. The topological polar surface area (TPSA) is 145 Å². The van der Waals surface area contributed by atoms with Crippen LogP contribution in [0.2, 0.25) is 0 Å². The molecule has 2 saturated heterocycles. The van der Waals surface area contributed by atoms with Crippen LogP contribution >= 0.6 is 0 Å². The predicted molar refractivity (Wildman–Crippen MR) is 117 cm³/mol. The van der Waals surface area contributed by atoms with E-state index in [2.05, 4.69) is 5.32 Å². The summed E-state index contributed by atoms with van der Waals surface area (Å²) < 4.78 is 17.0. The van der Waals surface area contributed by atoms with Gasteiger partial charge in [0.2, 0.25) is 5.91 Å². The van der Waals surface area contributed by atoms with Crippen molar-refractivity contribution < 1.29 is 43.3 Å². The number of aliphatic hydroxyl groups is 1. The summed E-state index contributed by atoms with van der Waals surface area (Å²) in [5.74, 6) is -5.20. The minimum absolute atomic E-state index is 0.0294. The fourth-order valence-electron chi connectivity index (χ4n) is 7.50. The summed E-state index contributed by atoms with van der Waals surface area (Å²) in [5.41, 5.74) is -3.72. The van der Waals surface area contributed by atoms with Gasteiger partial charge in [-0.25, -0.2) is 0 Å². The molecule has 0 radical (unpaired) electrons. The molecule has 2 N–H and O–H groups in total. The molecule has 0 aromatic heterocycles. The number of carbonyl (C=O) groups is 5. The third-order valence-electron chi connectivity index (χ3n) is 9.24. The smallest absolute Gasteiger partial charge is 0.315 e. The zero-order chi connectivity index (χ0) is 25.7. The first-order valence-corrected chi connectivity index (χ1v) is 12.1. The number of nitrogens with one attached hydrogen (secondary N) is 1. The number of ketones is 2. The van der Waals surface area contributed by atoms with Crippen LogP contribution in [0.4, 0.5) is 0 Å². The molecule has 8 atom stereocenters. The second-order valence-corrected chi connectivity index (χ2v) is 11.2. The molecule has 3 fully saturated rings. The molecule has 2 heterocycles. The van der Waals surface area contributed by atoms with Crippen molar-refractivity contribution in [3.63, 3.8) is 0 Å². The number of allylic oxidation sites excluding steroid dienone is 1. The number of cyclic esters (lactones) is 1. The van der Waals surface area contributed by atoms with E-state index < -0.39 is 76.1 Å². The average Bonchev–Trinajstić information content (AvgIpc) is 3.30. The van der Waals surface area contributed by atoms with Gasteiger partial charge >= 0.3 is 11.9 Å². The molecule has 0 aromatic rings. The van der Waals surface area contributed by atoms with Gasteiger partial charge in [-0.05, 0) is 12.0 Å². The summed E-state index contributed by atoms with van der Waals surface area (Å²) >= 11 is 0. The molecular formula is C25H31NO9. The van der Waals surface area contributed by atoms with E-state index in [1.54, 1.807) is 27.7 Å². The number of hydrogen-bond donors (Lipinski definition) is 2. The van der Waals surface area contributed by atoms with Crippen molar-refractivity contribution in [3.8, 4) is 0 Å². The number of aliphatic hydroxyl groups excluding tert-OH is 1. The third-order valence-corrected chi connectivity index (χ3v) is 9.24. The standard InChI is InChI=1S/C25H31NO9/c1-10(2)20(30)34-12-8-23(3)11(6-7-13(23)27)15-16(12)24(4)14(9-33-5)35-21(31)17-19(29)26-22(32)25(17,24)18(15)28/h10-12,14,17,19,29H,6-9H2,1-5H3,(H,26,32)/t11-,12+,14+,17-,19-,23-,24+,25-/m0/s1. The quantitative estimate of drug-likeness (QED) is 0.425. The van der Waals surface area contributed by atoms with Gasteiger partial charge in [-0.3, -0.25) is 24.0 Å². The molecule has 5 aliphatic rings. The minimum Gasteiger partial charge on any atom is -0.459 e. The van der Waals surface area contributed by atoms with Crippen LogP contribution < -0.4 is 5.32 Å². The van der Waals surface area contributed by atoms with E-state index >= 15 is 0 Å². The van der Waals surface area contributed by atoms with Gasteiger partial charge in [0.1, 0.15) is 35.6 Å². The van der Waals surface area contributed by atoms with Gasteiger partial charge in [-0.2, -0.15) is 0 Å². The molecule has 1 saturated carbocycles. The number of esters is 2. The highest BCUT2D eigenvalue weighted by atomic mass is 16.6. The number of Topliss-reactive ketones (excluding diaryl/α,β-unsaturated/α-hetero) is 2. The molecule has 0 bridgehead atoms. The van der Waals surface area contributed by atoms with Crippen molar-refractivity contribution in [2.45, 2.75) is 65.4 Å². The summed E-state index contributed by atoms with van der Waals surface area (Å²) in [7, 11) is 1.41. The van der Waals surface area contributed by atoms with Crippen molar-refractivity contribution in [2.75, 3.05) is 13.7 Å². The number of methoxy groups -OCH3 is 1. The summed E-state index contributed by atoms with van der Waals surface area (Å²) in [5, 5.41) is 13.1. The van der Waals surface area contributed by atoms with Crippen LogP contribution in [0.3, 0.4) is 0 Å². The van der Waals surface area contributed by atoms with Gasteiger partial charge in [-0.15, -0.1) is 0 Å². The Morgan fingerprint density at radius 2 is 1.91 bits per heavy atom. The second-order valence-electron chi connectivity index (χ2n) is 11.2. The van der Waals surface area contributed by atoms with Gasteiger partial charge in [0, 0.05) is 36.9 Å². The molecule has 0 unspecified atom stereocenters. The zero-order valence-electron chi connectivity index (χ0n) is 20.5. The molecule has 10 heteroatoms. The first kappa shape index (κ1) is 24.1. The molecule has 0 aromatic carbocycles. The number of fused-ring (bicyclic) bond motifs is 3. The number of rotatable bonds is 4. The van der Waals surface area contributed by atoms with E-state index in [-0.39, 0.29) is 30.8 Å². The highest BCUT2D eigenvalue weighted by molar-refractivity contribution is 6.22. The maximum absolute atomic E-state index is 14.5. The first-order chi connectivity index (χ1) is 16.4. The Labute approximate surface area is 202 Å². The summed E-state index contributed by atoms with van der Waals surface area (Å²) in [4.78, 5) is 67.0. The van der Waals surface area contributed by atoms with Gasteiger partial charge in [-0.1, -0.05) is 27.7 Å². The molecule has 190 valence electrons. The van der Waals surface area contributed by atoms with E-state index in [0.717, 1.165) is 0 Å². The molecule has 2 aliphatic heterocycles. The molecular weight excluding hydrogens is 458 g/mol. The maximum atomic E-state index is 14.5. The lowest BCUT2D eigenvalue weighted by atomic mass is 9.53. The first-order valence-electron chi connectivity index (χ1n) is 12.1. The van der Waals surface area contributed by atoms with Crippen LogP contribution in [0.5, 0.6) is 0 Å². The van der Waals surface area contributed by atoms with E-state index in [0.29, 0.717) is 12.0 Å². The summed E-state index contributed by atoms with van der Waals surface area (Å²) in [6, 6.07) is 0. The van der Waals surface area contributed by atoms with Crippen molar-refractivity contribution in [3.05, 3.63) is 11.1 Å². The van der Waals surface area contributed by atoms with Crippen molar-refractivity contribution in [1.29, 1.82) is 0 Å². The Kier molecular flexibility index (Phi) is 5.14. The van der Waals surface area contributed by atoms with Crippen molar-refractivity contribution >= 4 is 29.4 Å². The molecule has 1 spiro atoms.